The van der Waals surface area contributed by atoms with Gasteiger partial charge >= 0.3 is 0 Å². The van der Waals surface area contributed by atoms with Crippen LogP contribution in [0.3, 0.4) is 0 Å². The van der Waals surface area contributed by atoms with Crippen LogP contribution in [0.1, 0.15) is 19.4 Å². The summed E-state index contributed by atoms with van der Waals surface area (Å²) in [6.45, 7) is 7.03. The molecule has 1 rings (SSSR count). The minimum atomic E-state index is 0. The van der Waals surface area contributed by atoms with Crippen molar-refractivity contribution in [3.05, 3.63) is 34.9 Å². The average molecular weight is 439 g/mol. The molecule has 126 valence electrons. The summed E-state index contributed by atoms with van der Waals surface area (Å²) in [4.78, 5) is 8.73. The molecule has 0 aliphatic carbocycles. The van der Waals surface area contributed by atoms with Gasteiger partial charge in [-0.15, -0.1) is 24.0 Å². The van der Waals surface area contributed by atoms with Gasteiger partial charge in [-0.3, -0.25) is 4.99 Å². The maximum absolute atomic E-state index is 6.02. The lowest BCUT2D eigenvalue weighted by molar-refractivity contribution is 0.277. The lowest BCUT2D eigenvalue weighted by Crippen LogP contribution is -2.42. The molecule has 0 heterocycles. The summed E-state index contributed by atoms with van der Waals surface area (Å²) in [5, 5.41) is 4.16. The minimum absolute atomic E-state index is 0. The van der Waals surface area contributed by atoms with Crippen molar-refractivity contribution in [1.29, 1.82) is 0 Å². The summed E-state index contributed by atoms with van der Waals surface area (Å²) in [5.41, 5.74) is 1.17. The van der Waals surface area contributed by atoms with E-state index in [1.807, 2.05) is 32.3 Å². The highest BCUT2D eigenvalue weighted by Crippen LogP contribution is 2.12. The van der Waals surface area contributed by atoms with Crippen molar-refractivity contribution in [2.75, 3.05) is 34.2 Å². The fraction of sp³-hybridized carbons (Fsp3) is 0.562. The summed E-state index contributed by atoms with van der Waals surface area (Å²) >= 11 is 6.02. The predicted molar refractivity (Wildman–Crippen MR) is 107 cm³/mol. The van der Waals surface area contributed by atoms with E-state index in [1.54, 1.807) is 0 Å². The Hall–Kier alpha value is -0.530. The highest BCUT2D eigenvalue weighted by Gasteiger charge is 2.08. The van der Waals surface area contributed by atoms with Crippen molar-refractivity contribution in [2.45, 2.75) is 26.4 Å². The molecule has 0 aliphatic rings. The molecule has 4 nitrogen and oxygen atoms in total. The van der Waals surface area contributed by atoms with E-state index >= 15 is 0 Å². The zero-order chi connectivity index (χ0) is 15.8. The molecular formula is C16H28ClIN4. The van der Waals surface area contributed by atoms with Gasteiger partial charge in [-0.25, -0.2) is 0 Å². The zero-order valence-corrected chi connectivity index (χ0v) is 17.2. The van der Waals surface area contributed by atoms with Crippen LogP contribution < -0.4 is 5.32 Å². The first kappa shape index (κ1) is 21.5. The van der Waals surface area contributed by atoms with Gasteiger partial charge in [0.1, 0.15) is 0 Å². The van der Waals surface area contributed by atoms with Crippen molar-refractivity contribution in [2.24, 2.45) is 4.99 Å². The lowest BCUT2D eigenvalue weighted by Gasteiger charge is -2.25. The second-order valence-corrected chi connectivity index (χ2v) is 5.97. The number of nitrogens with zero attached hydrogens (tertiary/aromatic N) is 3. The second kappa shape index (κ2) is 11.1. The van der Waals surface area contributed by atoms with E-state index in [-0.39, 0.29) is 24.0 Å². The van der Waals surface area contributed by atoms with Crippen molar-refractivity contribution in [1.82, 2.24) is 15.1 Å². The Bertz CT molecular complexity index is 465. The van der Waals surface area contributed by atoms with Gasteiger partial charge in [-0.1, -0.05) is 23.7 Å². The molecule has 0 saturated carbocycles. The zero-order valence-electron chi connectivity index (χ0n) is 14.1. The standard InChI is InChI=1S/C16H27ClN4.HI/c1-13(2)20(4)10-9-19-16(18-3)21(5)12-14-7-6-8-15(17)11-14;/h6-8,11,13H,9-10,12H2,1-5H3,(H,18,19);1H. The largest absolute Gasteiger partial charge is 0.355 e. The van der Waals surface area contributed by atoms with Gasteiger partial charge in [-0.2, -0.15) is 0 Å². The van der Waals surface area contributed by atoms with Crippen LogP contribution in [0.25, 0.3) is 0 Å². The fourth-order valence-electron chi connectivity index (χ4n) is 1.97. The van der Waals surface area contributed by atoms with Gasteiger partial charge in [0.15, 0.2) is 5.96 Å². The maximum atomic E-state index is 6.02. The van der Waals surface area contributed by atoms with Crippen LogP contribution in [-0.4, -0.2) is 56.0 Å². The molecule has 0 bridgehead atoms. The molecule has 6 heteroatoms. The molecule has 0 saturated heterocycles. The number of likely N-dealkylation sites (N-methyl/N-ethyl adjacent to an activating group) is 1. The monoisotopic (exact) mass is 438 g/mol. The lowest BCUT2D eigenvalue weighted by atomic mass is 10.2. The van der Waals surface area contributed by atoms with Gasteiger partial charge in [-0.05, 0) is 38.6 Å². The smallest absolute Gasteiger partial charge is 0.193 e. The Morgan fingerprint density at radius 1 is 1.32 bits per heavy atom. The molecule has 0 aromatic heterocycles. The molecule has 1 aromatic carbocycles. The number of hydrogen-bond acceptors (Lipinski definition) is 2. The van der Waals surface area contributed by atoms with E-state index in [0.29, 0.717) is 6.04 Å². The Morgan fingerprint density at radius 2 is 2.00 bits per heavy atom. The Kier molecular flexibility index (Phi) is 10.8. The summed E-state index contributed by atoms with van der Waals surface area (Å²) in [6, 6.07) is 8.47. The number of aliphatic imine (C=N–C) groups is 1. The molecular weight excluding hydrogens is 411 g/mol. The Labute approximate surface area is 156 Å². The number of benzene rings is 1. The molecule has 0 spiro atoms. The number of halogens is 2. The summed E-state index contributed by atoms with van der Waals surface area (Å²) in [5.74, 6) is 0.895. The average Bonchev–Trinajstić information content (AvgIpc) is 2.43. The van der Waals surface area contributed by atoms with Crippen LogP contribution >= 0.6 is 35.6 Å². The van der Waals surface area contributed by atoms with Crippen LogP contribution in [0.4, 0.5) is 0 Å². The highest BCUT2D eigenvalue weighted by atomic mass is 127. The molecule has 1 N–H and O–H groups in total. The van der Waals surface area contributed by atoms with Crippen molar-refractivity contribution >= 4 is 41.5 Å². The van der Waals surface area contributed by atoms with Crippen molar-refractivity contribution in [3.63, 3.8) is 0 Å². The third kappa shape index (κ3) is 7.65. The number of guanidine groups is 1. The molecule has 0 fully saturated rings. The van der Waals surface area contributed by atoms with Crippen LogP contribution in [0.15, 0.2) is 29.3 Å². The van der Waals surface area contributed by atoms with Crippen LogP contribution in [-0.2, 0) is 6.54 Å². The molecule has 0 aliphatic heterocycles. The first-order chi connectivity index (χ1) is 9.93. The normalized spacial score (nSPS) is 11.5. The summed E-state index contributed by atoms with van der Waals surface area (Å²) in [6.07, 6.45) is 0. The second-order valence-electron chi connectivity index (χ2n) is 5.53. The van der Waals surface area contributed by atoms with Gasteiger partial charge in [0.2, 0.25) is 0 Å². The molecule has 0 unspecified atom stereocenters. The van der Waals surface area contributed by atoms with Crippen LogP contribution in [0.5, 0.6) is 0 Å². The third-order valence-corrected chi connectivity index (χ3v) is 3.75. The molecule has 0 radical (unpaired) electrons. The van der Waals surface area contributed by atoms with Gasteiger partial charge < -0.3 is 15.1 Å². The van der Waals surface area contributed by atoms with E-state index in [4.69, 9.17) is 11.6 Å². The minimum Gasteiger partial charge on any atom is -0.355 e. The molecule has 0 atom stereocenters. The predicted octanol–water partition coefficient (Wildman–Crippen LogP) is 3.31. The van der Waals surface area contributed by atoms with E-state index in [1.165, 1.54) is 5.56 Å². The van der Waals surface area contributed by atoms with E-state index in [0.717, 1.165) is 30.6 Å². The van der Waals surface area contributed by atoms with Crippen LogP contribution in [0.2, 0.25) is 5.02 Å². The van der Waals surface area contributed by atoms with Crippen molar-refractivity contribution < 1.29 is 0 Å². The quantitative estimate of drug-likeness (QED) is 0.420. The van der Waals surface area contributed by atoms with Gasteiger partial charge in [0, 0.05) is 44.8 Å². The number of rotatable bonds is 6. The first-order valence-electron chi connectivity index (χ1n) is 7.30. The summed E-state index contributed by atoms with van der Waals surface area (Å²) in [7, 11) is 5.97. The van der Waals surface area contributed by atoms with E-state index < -0.39 is 0 Å². The Balaban J connectivity index is 0.00000441. The molecule has 1 aromatic rings. The van der Waals surface area contributed by atoms with E-state index in [9.17, 15) is 0 Å². The number of hydrogen-bond donors (Lipinski definition) is 1. The van der Waals surface area contributed by atoms with Crippen molar-refractivity contribution in [3.8, 4) is 0 Å². The molecule has 0 amide bonds. The van der Waals surface area contributed by atoms with Crippen LogP contribution in [0, 0.1) is 0 Å². The molecule has 22 heavy (non-hydrogen) atoms. The van der Waals surface area contributed by atoms with E-state index in [2.05, 4.69) is 47.1 Å². The van der Waals surface area contributed by atoms with Gasteiger partial charge in [0.25, 0.3) is 0 Å². The van der Waals surface area contributed by atoms with Gasteiger partial charge in [0.05, 0.1) is 0 Å². The summed E-state index contributed by atoms with van der Waals surface area (Å²) < 4.78 is 0. The number of nitrogens with one attached hydrogen (secondary N) is 1. The first-order valence-corrected chi connectivity index (χ1v) is 7.68. The highest BCUT2D eigenvalue weighted by molar-refractivity contribution is 14.0. The SMILES string of the molecule is CN=C(NCCN(C)C(C)C)N(C)Cc1cccc(Cl)c1.I. The fourth-order valence-corrected chi connectivity index (χ4v) is 2.18. The topological polar surface area (TPSA) is 30.9 Å². The Morgan fingerprint density at radius 3 is 2.55 bits per heavy atom. The maximum Gasteiger partial charge on any atom is 0.193 e. The third-order valence-electron chi connectivity index (χ3n) is 3.51.